The molecular formula is C16H20N4O. The molecule has 4 N–H and O–H groups in total. The van der Waals surface area contributed by atoms with Crippen molar-refractivity contribution in [1.29, 1.82) is 0 Å². The Morgan fingerprint density at radius 2 is 1.95 bits per heavy atom. The summed E-state index contributed by atoms with van der Waals surface area (Å²) >= 11 is 0. The average Bonchev–Trinajstić information content (AvgIpc) is 2.49. The Kier molecular flexibility index (Phi) is 4.90. The standard InChI is InChI=1S/C16H20N4O/c1-11-3-4-14(9-12(11)2)20-16(17)19-10-15(21)13-5-7-18-8-6-13/h3-9,15,21H,10H2,1-2H3,(H3,17,19,20). The molecule has 0 saturated carbocycles. The number of guanidine groups is 1. The summed E-state index contributed by atoms with van der Waals surface area (Å²) in [5.74, 6) is 0.284. The summed E-state index contributed by atoms with van der Waals surface area (Å²) < 4.78 is 0. The van der Waals surface area contributed by atoms with Gasteiger partial charge in [-0.25, -0.2) is 0 Å². The van der Waals surface area contributed by atoms with E-state index in [9.17, 15) is 5.11 Å². The van der Waals surface area contributed by atoms with Crippen LogP contribution in [0.25, 0.3) is 0 Å². The Morgan fingerprint density at radius 1 is 1.24 bits per heavy atom. The highest BCUT2D eigenvalue weighted by atomic mass is 16.3. The number of pyridine rings is 1. The highest BCUT2D eigenvalue weighted by molar-refractivity contribution is 5.92. The molecule has 2 aromatic rings. The molecule has 5 nitrogen and oxygen atoms in total. The van der Waals surface area contributed by atoms with E-state index in [1.165, 1.54) is 11.1 Å². The maximum absolute atomic E-state index is 10.00. The van der Waals surface area contributed by atoms with Crippen LogP contribution in [-0.2, 0) is 0 Å². The highest BCUT2D eigenvalue weighted by Crippen LogP contribution is 2.14. The Labute approximate surface area is 124 Å². The minimum Gasteiger partial charge on any atom is -0.386 e. The van der Waals surface area contributed by atoms with E-state index in [1.54, 1.807) is 24.5 Å². The molecule has 5 heteroatoms. The maximum atomic E-state index is 10.00. The zero-order valence-electron chi connectivity index (χ0n) is 12.2. The lowest BCUT2D eigenvalue weighted by atomic mass is 10.1. The molecule has 0 spiro atoms. The van der Waals surface area contributed by atoms with Gasteiger partial charge in [0.25, 0.3) is 0 Å². The Balaban J connectivity index is 1.96. The van der Waals surface area contributed by atoms with Crippen LogP contribution in [0.1, 0.15) is 22.8 Å². The molecule has 0 aliphatic rings. The maximum Gasteiger partial charge on any atom is 0.193 e. The number of aliphatic imine (C=N–C) groups is 1. The number of nitrogens with two attached hydrogens (primary N) is 1. The van der Waals surface area contributed by atoms with E-state index in [4.69, 9.17) is 5.73 Å². The van der Waals surface area contributed by atoms with Gasteiger partial charge in [0.15, 0.2) is 5.96 Å². The van der Waals surface area contributed by atoms with Gasteiger partial charge in [0, 0.05) is 18.1 Å². The van der Waals surface area contributed by atoms with Crippen LogP contribution in [0, 0.1) is 13.8 Å². The van der Waals surface area contributed by atoms with Gasteiger partial charge in [0.2, 0.25) is 0 Å². The highest BCUT2D eigenvalue weighted by Gasteiger charge is 2.06. The number of anilines is 1. The van der Waals surface area contributed by atoms with E-state index in [0.717, 1.165) is 11.3 Å². The van der Waals surface area contributed by atoms with E-state index < -0.39 is 6.10 Å². The molecule has 0 saturated heterocycles. The number of hydrogen-bond donors (Lipinski definition) is 3. The van der Waals surface area contributed by atoms with Gasteiger partial charge in [-0.1, -0.05) is 6.07 Å². The summed E-state index contributed by atoms with van der Waals surface area (Å²) in [6, 6.07) is 9.50. The minimum atomic E-state index is -0.687. The largest absolute Gasteiger partial charge is 0.386 e. The number of aliphatic hydroxyl groups excluding tert-OH is 1. The second-order valence-corrected chi connectivity index (χ2v) is 4.95. The summed E-state index contributed by atoms with van der Waals surface area (Å²) in [7, 11) is 0. The van der Waals surface area contributed by atoms with Crippen LogP contribution >= 0.6 is 0 Å². The van der Waals surface area contributed by atoms with Crippen molar-refractivity contribution < 1.29 is 5.11 Å². The zero-order chi connectivity index (χ0) is 15.2. The third kappa shape index (κ3) is 4.29. The van der Waals surface area contributed by atoms with Crippen LogP contribution < -0.4 is 11.1 Å². The molecule has 0 aliphatic carbocycles. The van der Waals surface area contributed by atoms with Crippen LogP contribution in [0.4, 0.5) is 5.69 Å². The number of nitrogens with zero attached hydrogens (tertiary/aromatic N) is 2. The van der Waals surface area contributed by atoms with Gasteiger partial charge in [-0.3, -0.25) is 9.98 Å². The fourth-order valence-electron chi connectivity index (χ4n) is 1.88. The van der Waals surface area contributed by atoms with Crippen molar-refractivity contribution >= 4 is 11.6 Å². The summed E-state index contributed by atoms with van der Waals surface area (Å²) in [4.78, 5) is 8.07. The lowest BCUT2D eigenvalue weighted by Crippen LogP contribution is -2.23. The molecule has 1 atom stereocenters. The van der Waals surface area contributed by atoms with Gasteiger partial charge in [0.1, 0.15) is 0 Å². The molecule has 110 valence electrons. The third-order valence-corrected chi connectivity index (χ3v) is 3.30. The van der Waals surface area contributed by atoms with E-state index in [2.05, 4.69) is 22.2 Å². The molecule has 1 aromatic heterocycles. The first-order valence-electron chi connectivity index (χ1n) is 6.78. The summed E-state index contributed by atoms with van der Waals surface area (Å²) in [5.41, 5.74) is 9.90. The Hall–Kier alpha value is -2.40. The normalized spacial score (nSPS) is 13.0. The van der Waals surface area contributed by atoms with Crippen LogP contribution in [-0.4, -0.2) is 22.6 Å². The van der Waals surface area contributed by atoms with Crippen molar-refractivity contribution in [1.82, 2.24) is 4.98 Å². The minimum absolute atomic E-state index is 0.202. The van der Waals surface area contributed by atoms with Crippen LogP contribution in [0.5, 0.6) is 0 Å². The molecular weight excluding hydrogens is 264 g/mol. The SMILES string of the molecule is Cc1ccc(NC(N)=NCC(O)c2ccncc2)cc1C. The van der Waals surface area contributed by atoms with Crippen LogP contribution in [0.15, 0.2) is 47.7 Å². The molecule has 0 radical (unpaired) electrons. The molecule has 0 aliphatic heterocycles. The third-order valence-electron chi connectivity index (χ3n) is 3.30. The summed E-state index contributed by atoms with van der Waals surface area (Å²) in [6.45, 7) is 4.30. The zero-order valence-corrected chi connectivity index (χ0v) is 12.2. The van der Waals surface area contributed by atoms with E-state index in [1.807, 2.05) is 25.1 Å². The quantitative estimate of drug-likeness (QED) is 0.593. The fourth-order valence-corrected chi connectivity index (χ4v) is 1.88. The summed E-state index contributed by atoms with van der Waals surface area (Å²) in [5, 5.41) is 13.0. The number of hydrogen-bond acceptors (Lipinski definition) is 3. The number of rotatable bonds is 4. The average molecular weight is 284 g/mol. The lowest BCUT2D eigenvalue weighted by Gasteiger charge is -2.10. The van der Waals surface area contributed by atoms with E-state index >= 15 is 0 Å². The van der Waals surface area contributed by atoms with Gasteiger partial charge in [-0.2, -0.15) is 0 Å². The Morgan fingerprint density at radius 3 is 2.62 bits per heavy atom. The second kappa shape index (κ2) is 6.85. The van der Waals surface area contributed by atoms with Gasteiger partial charge < -0.3 is 16.2 Å². The van der Waals surface area contributed by atoms with Crippen LogP contribution in [0.3, 0.4) is 0 Å². The van der Waals surface area contributed by atoms with E-state index in [0.29, 0.717) is 0 Å². The van der Waals surface area contributed by atoms with E-state index in [-0.39, 0.29) is 12.5 Å². The summed E-state index contributed by atoms with van der Waals surface area (Å²) in [6.07, 6.45) is 2.59. The molecule has 0 fully saturated rings. The number of aryl methyl sites for hydroxylation is 2. The van der Waals surface area contributed by atoms with Gasteiger partial charge in [-0.05, 0) is 54.8 Å². The molecule has 2 rings (SSSR count). The Bertz CT molecular complexity index is 625. The first-order valence-corrected chi connectivity index (χ1v) is 6.78. The monoisotopic (exact) mass is 284 g/mol. The first kappa shape index (κ1) is 15.0. The van der Waals surface area contributed by atoms with Gasteiger partial charge >= 0.3 is 0 Å². The van der Waals surface area contributed by atoms with Gasteiger partial charge in [0.05, 0.1) is 12.6 Å². The van der Waals surface area contributed by atoms with Crippen molar-refractivity contribution in [2.45, 2.75) is 20.0 Å². The topological polar surface area (TPSA) is 83.5 Å². The van der Waals surface area contributed by atoms with Crippen molar-refractivity contribution in [2.75, 3.05) is 11.9 Å². The van der Waals surface area contributed by atoms with Crippen molar-refractivity contribution in [2.24, 2.45) is 10.7 Å². The number of nitrogens with one attached hydrogen (secondary N) is 1. The first-order chi connectivity index (χ1) is 10.1. The molecule has 1 unspecified atom stereocenters. The molecule has 21 heavy (non-hydrogen) atoms. The second-order valence-electron chi connectivity index (χ2n) is 4.95. The van der Waals surface area contributed by atoms with Gasteiger partial charge in [-0.15, -0.1) is 0 Å². The number of aromatic nitrogens is 1. The van der Waals surface area contributed by atoms with Crippen molar-refractivity contribution in [3.63, 3.8) is 0 Å². The fraction of sp³-hybridized carbons (Fsp3) is 0.250. The lowest BCUT2D eigenvalue weighted by molar-refractivity contribution is 0.187. The van der Waals surface area contributed by atoms with Crippen molar-refractivity contribution in [3.05, 3.63) is 59.4 Å². The molecule has 0 amide bonds. The molecule has 1 heterocycles. The smallest absolute Gasteiger partial charge is 0.193 e. The number of benzene rings is 1. The predicted molar refractivity (Wildman–Crippen MR) is 85.2 cm³/mol. The van der Waals surface area contributed by atoms with Crippen molar-refractivity contribution in [3.8, 4) is 0 Å². The number of aliphatic hydroxyl groups is 1. The molecule has 0 bridgehead atoms. The van der Waals surface area contributed by atoms with Crippen LogP contribution in [0.2, 0.25) is 0 Å². The predicted octanol–water partition coefficient (Wildman–Crippen LogP) is 2.16. The molecule has 1 aromatic carbocycles.